The molecule has 0 aliphatic rings. The van der Waals surface area contributed by atoms with Crippen LogP contribution in [0.1, 0.15) is 65.3 Å². The van der Waals surface area contributed by atoms with E-state index in [1.54, 1.807) is 6.07 Å². The summed E-state index contributed by atoms with van der Waals surface area (Å²) in [6.07, 6.45) is -2.34. The molecular weight excluding hydrogens is 433 g/mol. The lowest BCUT2D eigenvalue weighted by Crippen LogP contribution is -2.03. The summed E-state index contributed by atoms with van der Waals surface area (Å²) in [4.78, 5) is 11.9. The third-order valence-corrected chi connectivity index (χ3v) is 6.95. The second kappa shape index (κ2) is 9.49. The number of hydrogen-bond acceptors (Lipinski definition) is 2. The number of allylic oxidation sites excluding steroid dienone is 1. The maximum absolute atomic E-state index is 13.1. The number of alkyl halides is 3. The maximum Gasteiger partial charge on any atom is 0.416 e. The van der Waals surface area contributed by atoms with Crippen LogP contribution in [0.5, 0.6) is 0 Å². The molecule has 170 valence electrons. The van der Waals surface area contributed by atoms with Crippen molar-refractivity contribution in [3.63, 3.8) is 0 Å². The lowest BCUT2D eigenvalue weighted by Gasteiger charge is -2.12. The van der Waals surface area contributed by atoms with Crippen LogP contribution in [0.2, 0.25) is 0 Å². The Bertz CT molecular complexity index is 1160. The van der Waals surface area contributed by atoms with Crippen LogP contribution in [0.15, 0.2) is 43.0 Å². The smallest absolute Gasteiger partial charge is 0.416 e. The highest BCUT2D eigenvalue weighted by molar-refractivity contribution is 7.19. The molecule has 0 bridgehead atoms. The fraction of sp³-hybridized carbons (Fsp3) is 0.346. The van der Waals surface area contributed by atoms with E-state index in [1.165, 1.54) is 23.5 Å². The second-order valence-electron chi connectivity index (χ2n) is 8.44. The number of carboxylic acids is 1. The number of halogens is 3. The predicted molar refractivity (Wildman–Crippen MR) is 125 cm³/mol. The molecule has 32 heavy (non-hydrogen) atoms. The first-order valence-electron chi connectivity index (χ1n) is 10.6. The third kappa shape index (κ3) is 5.41. The van der Waals surface area contributed by atoms with Crippen molar-refractivity contribution in [3.8, 4) is 0 Å². The van der Waals surface area contributed by atoms with Crippen LogP contribution in [0.3, 0.4) is 0 Å². The van der Waals surface area contributed by atoms with Crippen molar-refractivity contribution >= 4 is 33.0 Å². The third-order valence-electron chi connectivity index (χ3n) is 5.72. The molecule has 0 radical (unpaired) electrons. The molecule has 0 amide bonds. The van der Waals surface area contributed by atoms with Gasteiger partial charge < -0.3 is 5.11 Å². The van der Waals surface area contributed by atoms with Gasteiger partial charge in [-0.3, -0.25) is 4.79 Å². The van der Waals surface area contributed by atoms with Gasteiger partial charge in [-0.1, -0.05) is 44.7 Å². The number of thiophene rings is 1. The number of carbonyl (C=O) groups is 1. The fourth-order valence-corrected chi connectivity index (χ4v) is 5.41. The SMILES string of the molecule is C=C(CCc1sc2cc(C(F)(F)F)ccc2c1C(C)C)c1ccc(CCC(=O)O)c(C)c1. The van der Waals surface area contributed by atoms with Gasteiger partial charge >= 0.3 is 12.1 Å². The molecule has 0 aliphatic carbocycles. The van der Waals surface area contributed by atoms with Gasteiger partial charge in [0.25, 0.3) is 0 Å². The zero-order valence-electron chi connectivity index (χ0n) is 18.5. The lowest BCUT2D eigenvalue weighted by atomic mass is 9.93. The molecule has 0 spiro atoms. The van der Waals surface area contributed by atoms with E-state index in [4.69, 9.17) is 5.11 Å². The molecule has 0 unspecified atom stereocenters. The summed E-state index contributed by atoms with van der Waals surface area (Å²) in [5, 5.41) is 9.79. The normalized spacial score (nSPS) is 12.0. The first-order chi connectivity index (χ1) is 15.0. The minimum Gasteiger partial charge on any atom is -0.481 e. The first kappa shape index (κ1) is 24.1. The molecule has 0 saturated heterocycles. The Balaban J connectivity index is 1.80. The van der Waals surface area contributed by atoms with E-state index < -0.39 is 17.7 Å². The molecule has 1 heterocycles. The van der Waals surface area contributed by atoms with Gasteiger partial charge in [-0.15, -0.1) is 11.3 Å². The van der Waals surface area contributed by atoms with Crippen LogP contribution in [-0.4, -0.2) is 11.1 Å². The van der Waals surface area contributed by atoms with Crippen molar-refractivity contribution < 1.29 is 23.1 Å². The van der Waals surface area contributed by atoms with E-state index in [1.807, 2.05) is 25.1 Å². The molecule has 2 nitrogen and oxygen atoms in total. The van der Waals surface area contributed by atoms with E-state index in [0.29, 0.717) is 24.0 Å². The standard InChI is InChI=1S/C26H27F3O2S/c1-15(2)25-21-10-9-20(26(27,28)29)14-23(21)32-22(25)11-5-16(3)19-7-6-18(17(4)13-19)8-12-24(30)31/h6-7,9-10,13-15H,3,5,8,11-12H2,1-2,4H3,(H,30,31). The van der Waals surface area contributed by atoms with Gasteiger partial charge in [0.1, 0.15) is 0 Å². The highest BCUT2D eigenvalue weighted by atomic mass is 32.1. The van der Waals surface area contributed by atoms with Crippen LogP contribution in [0.25, 0.3) is 15.7 Å². The zero-order valence-corrected chi connectivity index (χ0v) is 19.3. The molecule has 0 atom stereocenters. The van der Waals surface area contributed by atoms with E-state index in [-0.39, 0.29) is 12.3 Å². The minimum atomic E-state index is -4.35. The van der Waals surface area contributed by atoms with Crippen molar-refractivity contribution in [1.29, 1.82) is 0 Å². The summed E-state index contributed by atoms with van der Waals surface area (Å²) in [6, 6.07) is 9.97. The molecule has 0 fully saturated rings. The topological polar surface area (TPSA) is 37.3 Å². The highest BCUT2D eigenvalue weighted by Crippen LogP contribution is 2.40. The average Bonchev–Trinajstić information content (AvgIpc) is 3.08. The van der Waals surface area contributed by atoms with E-state index in [2.05, 4.69) is 20.4 Å². The number of benzene rings is 2. The Labute approximate surface area is 190 Å². The minimum absolute atomic E-state index is 0.0983. The molecule has 0 aliphatic heterocycles. The van der Waals surface area contributed by atoms with E-state index >= 15 is 0 Å². The zero-order chi connectivity index (χ0) is 23.6. The van der Waals surface area contributed by atoms with Gasteiger partial charge in [0.2, 0.25) is 0 Å². The summed E-state index contributed by atoms with van der Waals surface area (Å²) in [6.45, 7) is 10.3. The fourth-order valence-electron chi connectivity index (χ4n) is 4.01. The summed E-state index contributed by atoms with van der Waals surface area (Å²) >= 11 is 1.44. The Morgan fingerprint density at radius 2 is 1.81 bits per heavy atom. The van der Waals surface area contributed by atoms with Crippen molar-refractivity contribution in [2.75, 3.05) is 0 Å². The maximum atomic E-state index is 13.1. The molecule has 3 rings (SSSR count). The Kier molecular flexibility index (Phi) is 7.13. The monoisotopic (exact) mass is 460 g/mol. The van der Waals surface area contributed by atoms with Crippen LogP contribution in [0, 0.1) is 6.92 Å². The van der Waals surface area contributed by atoms with Crippen molar-refractivity contribution in [2.24, 2.45) is 0 Å². The van der Waals surface area contributed by atoms with Crippen LogP contribution >= 0.6 is 11.3 Å². The summed E-state index contributed by atoms with van der Waals surface area (Å²) < 4.78 is 40.1. The number of carboxylic acid groups (broad SMARTS) is 1. The molecule has 2 aromatic carbocycles. The van der Waals surface area contributed by atoms with Crippen molar-refractivity contribution in [3.05, 3.63) is 75.7 Å². The molecule has 1 aromatic heterocycles. The van der Waals surface area contributed by atoms with E-state index in [9.17, 15) is 18.0 Å². The molecule has 3 aromatic rings. The number of aryl methyl sites for hydroxylation is 3. The van der Waals surface area contributed by atoms with Gasteiger partial charge in [0.15, 0.2) is 0 Å². The Hall–Kier alpha value is -2.60. The second-order valence-corrected chi connectivity index (χ2v) is 9.58. The number of fused-ring (bicyclic) bond motifs is 1. The van der Waals surface area contributed by atoms with Gasteiger partial charge in [-0.2, -0.15) is 13.2 Å². The number of aliphatic carboxylic acids is 1. The Morgan fingerprint density at radius 3 is 2.41 bits per heavy atom. The van der Waals surface area contributed by atoms with Crippen LogP contribution < -0.4 is 0 Å². The first-order valence-corrected chi connectivity index (χ1v) is 11.4. The summed E-state index contributed by atoms with van der Waals surface area (Å²) in [7, 11) is 0. The van der Waals surface area contributed by atoms with Crippen molar-refractivity contribution in [1.82, 2.24) is 0 Å². The Morgan fingerprint density at radius 1 is 1.09 bits per heavy atom. The number of hydrogen-bond donors (Lipinski definition) is 1. The van der Waals surface area contributed by atoms with Gasteiger partial charge in [-0.05, 0) is 77.4 Å². The van der Waals surface area contributed by atoms with Crippen LogP contribution in [0.4, 0.5) is 13.2 Å². The van der Waals surface area contributed by atoms with Crippen LogP contribution in [-0.2, 0) is 23.8 Å². The van der Waals surface area contributed by atoms with Gasteiger partial charge in [0, 0.05) is 16.0 Å². The summed E-state index contributed by atoms with van der Waals surface area (Å²) in [5.41, 5.74) is 4.52. The molecule has 0 saturated carbocycles. The largest absolute Gasteiger partial charge is 0.481 e. The molecule has 1 N–H and O–H groups in total. The van der Waals surface area contributed by atoms with E-state index in [0.717, 1.165) is 38.1 Å². The number of rotatable bonds is 8. The highest BCUT2D eigenvalue weighted by Gasteiger charge is 2.31. The quantitative estimate of drug-likeness (QED) is 0.370. The average molecular weight is 461 g/mol. The predicted octanol–water partition coefficient (Wildman–Crippen LogP) is 8.02. The molecule has 6 heteroatoms. The summed E-state index contributed by atoms with van der Waals surface area (Å²) in [5.74, 6) is -0.607. The van der Waals surface area contributed by atoms with Crippen molar-refractivity contribution in [2.45, 2.75) is 58.5 Å². The molecular formula is C26H27F3O2S. The lowest BCUT2D eigenvalue weighted by molar-refractivity contribution is -0.138. The van der Waals surface area contributed by atoms with Gasteiger partial charge in [0.05, 0.1) is 5.56 Å². The van der Waals surface area contributed by atoms with Gasteiger partial charge in [-0.25, -0.2) is 0 Å².